The van der Waals surface area contributed by atoms with E-state index in [2.05, 4.69) is 31.2 Å². The number of halogens is 1. The van der Waals surface area contributed by atoms with Crippen LogP contribution in [0.5, 0.6) is 0 Å². The first-order valence-electron chi connectivity index (χ1n) is 9.87. The summed E-state index contributed by atoms with van der Waals surface area (Å²) >= 11 is 3.42. The summed E-state index contributed by atoms with van der Waals surface area (Å²) in [7, 11) is 0. The molecular weight excluding hydrogens is 458 g/mol. The van der Waals surface area contributed by atoms with Gasteiger partial charge in [-0.25, -0.2) is 14.8 Å². The number of anilines is 1. The van der Waals surface area contributed by atoms with E-state index in [1.165, 1.54) is 0 Å². The Labute approximate surface area is 188 Å². The third kappa shape index (κ3) is 4.69. The van der Waals surface area contributed by atoms with Crippen LogP contribution < -0.4 is 11.1 Å². The molecular formula is C23H22BrN5O2. The van der Waals surface area contributed by atoms with E-state index in [4.69, 9.17) is 10.5 Å². The van der Waals surface area contributed by atoms with Crippen molar-refractivity contribution in [2.75, 3.05) is 5.73 Å². The first-order valence-corrected chi connectivity index (χ1v) is 10.7. The second-order valence-corrected chi connectivity index (χ2v) is 7.90. The molecule has 0 aliphatic carbocycles. The highest BCUT2D eigenvalue weighted by molar-refractivity contribution is 9.10. The molecule has 7 nitrogen and oxygen atoms in total. The molecule has 1 amide bonds. The molecule has 0 aliphatic rings. The zero-order valence-corrected chi connectivity index (χ0v) is 18.5. The van der Waals surface area contributed by atoms with Gasteiger partial charge >= 0.3 is 6.09 Å². The van der Waals surface area contributed by atoms with E-state index < -0.39 is 18.2 Å². The molecule has 4 rings (SSSR count). The maximum absolute atomic E-state index is 12.8. The van der Waals surface area contributed by atoms with Crippen molar-refractivity contribution in [1.82, 2.24) is 19.7 Å². The van der Waals surface area contributed by atoms with Crippen molar-refractivity contribution in [2.24, 2.45) is 0 Å². The predicted octanol–water partition coefficient (Wildman–Crippen LogP) is 4.85. The number of hydrogen-bond acceptors (Lipinski definition) is 5. The maximum atomic E-state index is 12.8. The SMILES string of the molecule is CC(NC(=O)OC(Cc1ccccc1)c1ccccc1)c1nc(Br)c2c(N)nccn12. The summed E-state index contributed by atoms with van der Waals surface area (Å²) in [6.45, 7) is 1.84. The molecule has 4 aromatic rings. The Kier molecular flexibility index (Phi) is 6.18. The van der Waals surface area contributed by atoms with Gasteiger partial charge < -0.3 is 15.8 Å². The number of benzene rings is 2. The van der Waals surface area contributed by atoms with Gasteiger partial charge in [0, 0.05) is 18.8 Å². The maximum Gasteiger partial charge on any atom is 0.408 e. The number of nitrogen functional groups attached to an aromatic ring is 1. The second kappa shape index (κ2) is 9.18. The van der Waals surface area contributed by atoms with Gasteiger partial charge in [-0.15, -0.1) is 0 Å². The van der Waals surface area contributed by atoms with Crippen LogP contribution in [0.2, 0.25) is 0 Å². The van der Waals surface area contributed by atoms with Crippen molar-refractivity contribution in [3.05, 3.63) is 94.6 Å². The normalized spacial score (nSPS) is 13.0. The number of alkyl carbamates (subject to hydrolysis) is 1. The molecule has 3 N–H and O–H groups in total. The van der Waals surface area contributed by atoms with E-state index in [0.29, 0.717) is 28.2 Å². The molecule has 31 heavy (non-hydrogen) atoms. The Bertz CT molecular complexity index is 1180. The number of hydrogen-bond donors (Lipinski definition) is 2. The number of amides is 1. The van der Waals surface area contributed by atoms with Crippen molar-refractivity contribution >= 4 is 33.4 Å². The number of aromatic nitrogens is 3. The summed E-state index contributed by atoms with van der Waals surface area (Å²) < 4.78 is 8.21. The van der Waals surface area contributed by atoms with Crippen molar-refractivity contribution in [3.63, 3.8) is 0 Å². The number of rotatable bonds is 6. The lowest BCUT2D eigenvalue weighted by molar-refractivity contribution is 0.0945. The zero-order chi connectivity index (χ0) is 21.8. The predicted molar refractivity (Wildman–Crippen MR) is 122 cm³/mol. The molecule has 2 aromatic heterocycles. The standard InChI is InChI=1S/C23H22BrN5O2/c1-15(22-28-20(24)19-21(25)26-12-13-29(19)22)27-23(30)31-18(17-10-6-3-7-11-17)14-16-8-4-2-5-9-16/h2-13,15,18H,14H2,1H3,(H2,25,26)(H,27,30). The molecule has 0 spiro atoms. The highest BCUT2D eigenvalue weighted by Crippen LogP contribution is 2.26. The Hall–Kier alpha value is -3.39. The summed E-state index contributed by atoms with van der Waals surface area (Å²) in [4.78, 5) is 21.4. The van der Waals surface area contributed by atoms with Gasteiger partial charge in [-0.2, -0.15) is 0 Å². The van der Waals surface area contributed by atoms with Crippen molar-refractivity contribution < 1.29 is 9.53 Å². The van der Waals surface area contributed by atoms with Gasteiger partial charge in [-0.3, -0.25) is 4.40 Å². The second-order valence-electron chi connectivity index (χ2n) is 7.15. The monoisotopic (exact) mass is 479 g/mol. The molecule has 8 heteroatoms. The number of carbonyl (C=O) groups is 1. The van der Waals surface area contributed by atoms with E-state index in [9.17, 15) is 4.79 Å². The average molecular weight is 480 g/mol. The number of fused-ring (bicyclic) bond motifs is 1. The minimum atomic E-state index is -0.521. The van der Waals surface area contributed by atoms with Crippen LogP contribution in [-0.4, -0.2) is 20.5 Å². The topological polar surface area (TPSA) is 94.5 Å². The summed E-state index contributed by atoms with van der Waals surface area (Å²) in [5.74, 6) is 0.974. The number of nitrogens with one attached hydrogen (secondary N) is 1. The van der Waals surface area contributed by atoms with Crippen molar-refractivity contribution in [2.45, 2.75) is 25.5 Å². The molecule has 0 bridgehead atoms. The number of imidazole rings is 1. The molecule has 2 aromatic carbocycles. The Morgan fingerprint density at radius 2 is 1.84 bits per heavy atom. The summed E-state index contributed by atoms with van der Waals surface area (Å²) in [6, 6.07) is 19.3. The van der Waals surface area contributed by atoms with Crippen LogP contribution in [0.1, 0.15) is 36.0 Å². The third-order valence-corrected chi connectivity index (χ3v) is 5.53. The van der Waals surface area contributed by atoms with E-state index in [1.54, 1.807) is 16.8 Å². The molecule has 0 radical (unpaired) electrons. The van der Waals surface area contributed by atoms with Crippen LogP contribution in [0.4, 0.5) is 10.6 Å². The number of carbonyl (C=O) groups excluding carboxylic acids is 1. The lowest BCUT2D eigenvalue weighted by Crippen LogP contribution is -2.30. The molecule has 0 fully saturated rings. The lowest BCUT2D eigenvalue weighted by atomic mass is 10.0. The summed E-state index contributed by atoms with van der Waals surface area (Å²) in [6.07, 6.45) is 2.99. The van der Waals surface area contributed by atoms with Crippen LogP contribution in [-0.2, 0) is 11.2 Å². The van der Waals surface area contributed by atoms with E-state index in [1.807, 2.05) is 67.6 Å². The Morgan fingerprint density at radius 3 is 2.55 bits per heavy atom. The van der Waals surface area contributed by atoms with E-state index in [-0.39, 0.29) is 0 Å². The van der Waals surface area contributed by atoms with Gasteiger partial charge in [-0.05, 0) is 34.0 Å². The summed E-state index contributed by atoms with van der Waals surface area (Å²) in [5, 5.41) is 2.88. The molecule has 0 saturated heterocycles. The number of ether oxygens (including phenoxy) is 1. The average Bonchev–Trinajstić information content (AvgIpc) is 3.12. The highest BCUT2D eigenvalue weighted by Gasteiger charge is 2.22. The van der Waals surface area contributed by atoms with Gasteiger partial charge in [0.1, 0.15) is 22.0 Å². The smallest absolute Gasteiger partial charge is 0.408 e. The Balaban J connectivity index is 1.52. The van der Waals surface area contributed by atoms with Gasteiger partial charge in [0.25, 0.3) is 0 Å². The van der Waals surface area contributed by atoms with Crippen molar-refractivity contribution in [3.8, 4) is 0 Å². The fourth-order valence-electron chi connectivity index (χ4n) is 3.48. The quantitative estimate of drug-likeness (QED) is 0.412. The molecule has 2 atom stereocenters. The van der Waals surface area contributed by atoms with Gasteiger partial charge in [0.2, 0.25) is 0 Å². The van der Waals surface area contributed by atoms with E-state index >= 15 is 0 Å². The van der Waals surface area contributed by atoms with Gasteiger partial charge in [0.05, 0.1) is 6.04 Å². The fraction of sp³-hybridized carbons (Fsp3) is 0.174. The zero-order valence-electron chi connectivity index (χ0n) is 16.9. The van der Waals surface area contributed by atoms with Gasteiger partial charge in [0.15, 0.2) is 5.82 Å². The lowest BCUT2D eigenvalue weighted by Gasteiger charge is -2.20. The minimum absolute atomic E-state index is 0.356. The van der Waals surface area contributed by atoms with Crippen LogP contribution >= 0.6 is 15.9 Å². The first kappa shape index (κ1) is 20.9. The Morgan fingerprint density at radius 1 is 1.16 bits per heavy atom. The van der Waals surface area contributed by atoms with Crippen molar-refractivity contribution in [1.29, 1.82) is 0 Å². The molecule has 2 unspecified atom stereocenters. The number of nitrogens with two attached hydrogens (primary N) is 1. The van der Waals surface area contributed by atoms with Crippen LogP contribution in [0, 0.1) is 0 Å². The van der Waals surface area contributed by atoms with Crippen LogP contribution in [0.25, 0.3) is 5.52 Å². The van der Waals surface area contributed by atoms with Gasteiger partial charge in [-0.1, -0.05) is 60.7 Å². The molecule has 0 saturated carbocycles. The summed E-state index contributed by atoms with van der Waals surface area (Å²) in [5.41, 5.74) is 8.64. The number of nitrogens with zero attached hydrogens (tertiary/aromatic N) is 3. The fourth-order valence-corrected chi connectivity index (χ4v) is 4.05. The third-order valence-electron chi connectivity index (χ3n) is 4.97. The largest absolute Gasteiger partial charge is 0.441 e. The molecule has 2 heterocycles. The highest BCUT2D eigenvalue weighted by atomic mass is 79.9. The van der Waals surface area contributed by atoms with Crippen LogP contribution in [0.15, 0.2) is 77.7 Å². The van der Waals surface area contributed by atoms with E-state index in [0.717, 1.165) is 11.1 Å². The first-order chi connectivity index (χ1) is 15.0. The molecule has 158 valence electrons. The van der Waals surface area contributed by atoms with Crippen LogP contribution in [0.3, 0.4) is 0 Å². The minimum Gasteiger partial charge on any atom is -0.441 e. The molecule has 0 aliphatic heterocycles.